The first-order chi connectivity index (χ1) is 15.1. The number of nitrogens with one attached hydrogen (secondary N) is 1. The van der Waals surface area contributed by atoms with Crippen molar-refractivity contribution in [1.82, 2.24) is 15.0 Å². The predicted molar refractivity (Wildman–Crippen MR) is 121 cm³/mol. The van der Waals surface area contributed by atoms with Crippen LogP contribution in [0.3, 0.4) is 0 Å². The van der Waals surface area contributed by atoms with Crippen LogP contribution in [-0.4, -0.2) is 20.9 Å². The summed E-state index contributed by atoms with van der Waals surface area (Å²) < 4.78 is 15.0. The average molecular weight is 436 g/mol. The van der Waals surface area contributed by atoms with Crippen LogP contribution in [0.5, 0.6) is 0 Å². The van der Waals surface area contributed by atoms with Crippen LogP contribution in [0.4, 0.5) is 15.8 Å². The van der Waals surface area contributed by atoms with E-state index in [-0.39, 0.29) is 18.1 Å². The molecular weight excluding hydrogens is 413 g/mol. The van der Waals surface area contributed by atoms with Crippen LogP contribution in [0.15, 0.2) is 65.5 Å². The lowest BCUT2D eigenvalue weighted by Gasteiger charge is -2.10. The Morgan fingerprint density at radius 2 is 2.03 bits per heavy atom. The summed E-state index contributed by atoms with van der Waals surface area (Å²) in [6.07, 6.45) is 3.21. The van der Waals surface area contributed by atoms with E-state index in [2.05, 4.69) is 21.0 Å². The summed E-state index contributed by atoms with van der Waals surface area (Å²) in [6, 6.07) is 14.2. The second kappa shape index (κ2) is 9.53. The predicted octanol–water partition coefficient (Wildman–Crippen LogP) is 4.54. The Bertz CT molecular complexity index is 1170. The molecule has 0 saturated heterocycles. The van der Waals surface area contributed by atoms with Gasteiger partial charge in [0.25, 0.3) is 0 Å². The summed E-state index contributed by atoms with van der Waals surface area (Å²) in [7, 11) is 0. The molecule has 0 fully saturated rings. The molecule has 3 N–H and O–H groups in total. The molecule has 0 atom stereocenters. The van der Waals surface area contributed by atoms with E-state index in [0.717, 1.165) is 22.4 Å². The molecule has 0 spiro atoms. The highest BCUT2D eigenvalue weighted by molar-refractivity contribution is 7.08. The van der Waals surface area contributed by atoms with Gasteiger partial charge in [0.05, 0.1) is 17.1 Å². The van der Waals surface area contributed by atoms with Crippen molar-refractivity contribution >= 4 is 28.6 Å². The van der Waals surface area contributed by atoms with E-state index in [1.807, 2.05) is 35.8 Å². The summed E-state index contributed by atoms with van der Waals surface area (Å²) in [5.41, 5.74) is 10.9. The van der Waals surface area contributed by atoms with Gasteiger partial charge in [-0.25, -0.2) is 4.39 Å². The van der Waals surface area contributed by atoms with E-state index in [1.165, 1.54) is 12.1 Å². The number of nitrogens with zero attached hydrogens (tertiary/aromatic N) is 3. The molecule has 0 aliphatic carbocycles. The van der Waals surface area contributed by atoms with E-state index < -0.39 is 0 Å². The van der Waals surface area contributed by atoms with Crippen molar-refractivity contribution in [3.05, 3.63) is 82.6 Å². The number of thiophene rings is 1. The first-order valence-electron chi connectivity index (χ1n) is 9.92. The summed E-state index contributed by atoms with van der Waals surface area (Å²) in [6.45, 7) is 0.592. The van der Waals surface area contributed by atoms with Gasteiger partial charge in [0.2, 0.25) is 5.91 Å². The number of hydrogen-bond donors (Lipinski definition) is 2. The number of aromatic nitrogens is 3. The number of nitrogens with two attached hydrogens (primary N) is 1. The SMILES string of the molecule is Nc1ccc(-c2ccsc2)cc1NC(=O)CCc1cn(CCc2cccc(F)c2)nn1. The van der Waals surface area contributed by atoms with Gasteiger partial charge < -0.3 is 11.1 Å². The molecule has 2 aromatic heterocycles. The van der Waals surface area contributed by atoms with E-state index in [4.69, 9.17) is 5.73 Å². The molecule has 2 heterocycles. The van der Waals surface area contributed by atoms with Gasteiger partial charge >= 0.3 is 0 Å². The standard InChI is InChI=1S/C23H22FN5OS/c24-19-3-1-2-16(12-19)8-10-29-14-20(27-28-29)5-7-23(30)26-22-13-17(4-6-21(22)25)18-9-11-31-15-18/h1-4,6,9,11-15H,5,7-8,10,25H2,(H,26,30). The fourth-order valence-electron chi connectivity index (χ4n) is 3.23. The Hall–Kier alpha value is -3.52. The third-order valence-electron chi connectivity index (χ3n) is 4.89. The lowest BCUT2D eigenvalue weighted by Crippen LogP contribution is -2.13. The topological polar surface area (TPSA) is 85.8 Å². The van der Waals surface area contributed by atoms with Gasteiger partial charge in [0.1, 0.15) is 5.82 Å². The quantitative estimate of drug-likeness (QED) is 0.398. The van der Waals surface area contributed by atoms with Gasteiger partial charge in [-0.2, -0.15) is 11.3 Å². The Morgan fingerprint density at radius 3 is 2.84 bits per heavy atom. The molecule has 0 saturated carbocycles. The molecular formula is C23H22FN5OS. The minimum Gasteiger partial charge on any atom is -0.397 e. The van der Waals surface area contributed by atoms with Crippen LogP contribution < -0.4 is 11.1 Å². The van der Waals surface area contributed by atoms with Crippen molar-refractivity contribution in [3.8, 4) is 11.1 Å². The molecule has 31 heavy (non-hydrogen) atoms. The third-order valence-corrected chi connectivity index (χ3v) is 5.58. The highest BCUT2D eigenvalue weighted by Gasteiger charge is 2.10. The van der Waals surface area contributed by atoms with Crippen LogP contribution in [-0.2, 0) is 24.2 Å². The normalized spacial score (nSPS) is 10.9. The fraction of sp³-hybridized carbons (Fsp3) is 0.174. The molecule has 2 aromatic carbocycles. The van der Waals surface area contributed by atoms with Crippen molar-refractivity contribution < 1.29 is 9.18 Å². The monoisotopic (exact) mass is 435 g/mol. The highest BCUT2D eigenvalue weighted by Crippen LogP contribution is 2.28. The zero-order valence-electron chi connectivity index (χ0n) is 16.8. The van der Waals surface area contributed by atoms with Gasteiger partial charge in [-0.1, -0.05) is 23.4 Å². The van der Waals surface area contributed by atoms with Crippen molar-refractivity contribution in [1.29, 1.82) is 0 Å². The number of nitrogen functional groups attached to an aromatic ring is 1. The van der Waals surface area contributed by atoms with Crippen LogP contribution in [0, 0.1) is 5.82 Å². The lowest BCUT2D eigenvalue weighted by molar-refractivity contribution is -0.116. The molecule has 1 amide bonds. The van der Waals surface area contributed by atoms with Crippen molar-refractivity contribution in [2.75, 3.05) is 11.1 Å². The molecule has 6 nitrogen and oxygen atoms in total. The van der Waals surface area contributed by atoms with Crippen LogP contribution >= 0.6 is 11.3 Å². The molecule has 8 heteroatoms. The number of aryl methyl sites for hydroxylation is 3. The fourth-order valence-corrected chi connectivity index (χ4v) is 3.89. The minimum atomic E-state index is -0.246. The maximum absolute atomic E-state index is 13.3. The largest absolute Gasteiger partial charge is 0.397 e. The van der Waals surface area contributed by atoms with Crippen molar-refractivity contribution in [3.63, 3.8) is 0 Å². The first-order valence-corrected chi connectivity index (χ1v) is 10.9. The number of hydrogen-bond acceptors (Lipinski definition) is 5. The van der Waals surface area contributed by atoms with Gasteiger partial charge in [-0.05, 0) is 64.2 Å². The second-order valence-electron chi connectivity index (χ2n) is 7.22. The van der Waals surface area contributed by atoms with Crippen LogP contribution in [0.2, 0.25) is 0 Å². The summed E-state index contributed by atoms with van der Waals surface area (Å²) in [4.78, 5) is 12.4. The number of carbonyl (C=O) groups excluding carboxylic acids is 1. The number of amides is 1. The Kier molecular flexibility index (Phi) is 6.37. The maximum Gasteiger partial charge on any atom is 0.224 e. The maximum atomic E-state index is 13.3. The Balaban J connectivity index is 1.30. The van der Waals surface area contributed by atoms with Gasteiger partial charge in [-0.15, -0.1) is 5.10 Å². The van der Waals surface area contributed by atoms with Crippen LogP contribution in [0.1, 0.15) is 17.7 Å². The van der Waals surface area contributed by atoms with E-state index in [0.29, 0.717) is 30.8 Å². The highest BCUT2D eigenvalue weighted by atomic mass is 32.1. The van der Waals surface area contributed by atoms with Crippen LogP contribution in [0.25, 0.3) is 11.1 Å². The molecule has 4 rings (SSSR count). The minimum absolute atomic E-state index is 0.136. The zero-order valence-corrected chi connectivity index (χ0v) is 17.6. The van der Waals surface area contributed by atoms with Gasteiger partial charge in [0.15, 0.2) is 0 Å². The Morgan fingerprint density at radius 1 is 1.13 bits per heavy atom. The van der Waals surface area contributed by atoms with E-state index in [9.17, 15) is 9.18 Å². The second-order valence-corrected chi connectivity index (χ2v) is 8.00. The molecule has 0 unspecified atom stereocenters. The summed E-state index contributed by atoms with van der Waals surface area (Å²) in [5, 5.41) is 15.2. The number of carbonyl (C=O) groups is 1. The molecule has 0 radical (unpaired) electrons. The number of rotatable bonds is 8. The van der Waals surface area contributed by atoms with Gasteiger partial charge in [0, 0.05) is 25.6 Å². The summed E-state index contributed by atoms with van der Waals surface area (Å²) in [5.74, 6) is -0.382. The van der Waals surface area contributed by atoms with E-state index >= 15 is 0 Å². The molecule has 0 bridgehead atoms. The van der Waals surface area contributed by atoms with Crippen molar-refractivity contribution in [2.24, 2.45) is 0 Å². The molecule has 158 valence electrons. The van der Waals surface area contributed by atoms with Crippen molar-refractivity contribution in [2.45, 2.75) is 25.8 Å². The average Bonchev–Trinajstić information content (AvgIpc) is 3.45. The zero-order chi connectivity index (χ0) is 21.6. The number of halogens is 1. The lowest BCUT2D eigenvalue weighted by atomic mass is 10.1. The molecule has 4 aromatic rings. The first kappa shape index (κ1) is 20.7. The molecule has 0 aliphatic heterocycles. The number of benzene rings is 2. The van der Waals surface area contributed by atoms with Gasteiger partial charge in [-0.3, -0.25) is 9.48 Å². The number of anilines is 2. The smallest absolute Gasteiger partial charge is 0.224 e. The Labute approximate surface area is 183 Å². The third kappa shape index (κ3) is 5.55. The molecule has 0 aliphatic rings. The van der Waals surface area contributed by atoms with E-state index in [1.54, 1.807) is 28.2 Å². The summed E-state index contributed by atoms with van der Waals surface area (Å²) >= 11 is 1.62.